The molecule has 4 nitrogen and oxygen atoms in total. The van der Waals surface area contributed by atoms with Crippen molar-refractivity contribution < 1.29 is 9.59 Å². The molecule has 1 heterocycles. The summed E-state index contributed by atoms with van der Waals surface area (Å²) >= 11 is 0. The van der Waals surface area contributed by atoms with Gasteiger partial charge in [-0.25, -0.2) is 0 Å². The number of carbonyl (C=O) groups excluding carboxylic acids is 2. The van der Waals surface area contributed by atoms with Crippen molar-refractivity contribution in [3.63, 3.8) is 0 Å². The van der Waals surface area contributed by atoms with Crippen molar-refractivity contribution in [2.75, 3.05) is 18.0 Å². The molecule has 0 radical (unpaired) electrons. The second-order valence-electron chi connectivity index (χ2n) is 9.11. The molecular weight excluding hydrogens is 384 g/mol. The number of aryl methyl sites for hydroxylation is 1. The minimum atomic E-state index is 0.0773. The first kappa shape index (κ1) is 21.6. The molecule has 1 aliphatic carbocycles. The molecule has 2 aromatic rings. The van der Waals surface area contributed by atoms with E-state index in [1.54, 1.807) is 0 Å². The number of carbonyl (C=O) groups is 2. The highest BCUT2D eigenvalue weighted by Crippen LogP contribution is 2.34. The average Bonchev–Trinajstić information content (AvgIpc) is 3.62. The summed E-state index contributed by atoms with van der Waals surface area (Å²) in [6, 6.07) is 16.0. The minimum absolute atomic E-state index is 0.0773. The molecule has 2 aliphatic rings. The van der Waals surface area contributed by atoms with E-state index in [9.17, 15) is 9.59 Å². The van der Waals surface area contributed by atoms with Crippen LogP contribution < -0.4 is 4.90 Å². The summed E-state index contributed by atoms with van der Waals surface area (Å²) in [5.74, 6) is 0.529. The van der Waals surface area contributed by atoms with Crippen molar-refractivity contribution in [3.8, 4) is 0 Å². The summed E-state index contributed by atoms with van der Waals surface area (Å²) in [5, 5.41) is 0. The van der Waals surface area contributed by atoms with Crippen LogP contribution in [-0.2, 0) is 11.3 Å². The van der Waals surface area contributed by atoms with Gasteiger partial charge in [-0.3, -0.25) is 9.59 Å². The van der Waals surface area contributed by atoms with Gasteiger partial charge in [0.05, 0.1) is 0 Å². The molecule has 2 aromatic carbocycles. The lowest BCUT2D eigenvalue weighted by atomic mass is 10.1. The molecule has 1 fully saturated rings. The van der Waals surface area contributed by atoms with Crippen LogP contribution in [0.1, 0.15) is 72.9 Å². The second kappa shape index (κ2) is 10.1. The number of fused-ring (bicyclic) bond motifs is 1. The Morgan fingerprint density at radius 1 is 0.839 bits per heavy atom. The van der Waals surface area contributed by atoms with E-state index in [-0.39, 0.29) is 17.7 Å². The maximum absolute atomic E-state index is 13.4. The number of benzene rings is 2. The zero-order chi connectivity index (χ0) is 21.6. The van der Waals surface area contributed by atoms with Gasteiger partial charge in [0.1, 0.15) is 0 Å². The summed E-state index contributed by atoms with van der Waals surface area (Å²) in [6.07, 6.45) is 8.76. The fourth-order valence-electron chi connectivity index (χ4n) is 4.51. The van der Waals surface area contributed by atoms with Gasteiger partial charge in [0.2, 0.25) is 5.91 Å². The van der Waals surface area contributed by atoms with Crippen molar-refractivity contribution in [1.29, 1.82) is 0 Å². The lowest BCUT2D eigenvalue weighted by Crippen LogP contribution is -2.36. The van der Waals surface area contributed by atoms with Crippen molar-refractivity contribution >= 4 is 17.5 Å². The molecule has 0 N–H and O–H groups in total. The number of hydrogen-bond donors (Lipinski definition) is 0. The summed E-state index contributed by atoms with van der Waals surface area (Å²) in [5.41, 5.74) is 3.89. The third kappa shape index (κ3) is 5.55. The van der Waals surface area contributed by atoms with Crippen LogP contribution in [0.3, 0.4) is 0 Å². The molecule has 164 valence electrons. The summed E-state index contributed by atoms with van der Waals surface area (Å²) in [4.78, 5) is 30.5. The highest BCUT2D eigenvalue weighted by molar-refractivity contribution is 5.97. The minimum Gasteiger partial charge on any atom is -0.334 e. The normalized spacial score (nSPS) is 18.4. The number of rotatable bonds is 2. The predicted octanol–water partition coefficient (Wildman–Crippen LogP) is 5.73. The lowest BCUT2D eigenvalue weighted by molar-refractivity contribution is -0.119. The van der Waals surface area contributed by atoms with Gasteiger partial charge in [0.25, 0.3) is 5.91 Å². The van der Waals surface area contributed by atoms with Gasteiger partial charge in [0, 0.05) is 36.8 Å². The van der Waals surface area contributed by atoms with Gasteiger partial charge in [-0.1, -0.05) is 61.6 Å². The average molecular weight is 419 g/mol. The number of anilines is 1. The van der Waals surface area contributed by atoms with E-state index in [2.05, 4.69) is 12.1 Å². The van der Waals surface area contributed by atoms with Crippen LogP contribution in [0.2, 0.25) is 0 Å². The highest BCUT2D eigenvalue weighted by Gasteiger charge is 2.34. The molecular formula is C27H34N2O2. The molecule has 0 spiro atoms. The Morgan fingerprint density at radius 2 is 1.55 bits per heavy atom. The number of hydrogen-bond acceptors (Lipinski definition) is 2. The van der Waals surface area contributed by atoms with Gasteiger partial charge in [0.15, 0.2) is 0 Å². The quantitative estimate of drug-likeness (QED) is 0.624. The maximum Gasteiger partial charge on any atom is 0.254 e. The third-order valence-electron chi connectivity index (χ3n) is 6.45. The fourth-order valence-corrected chi connectivity index (χ4v) is 4.51. The molecule has 31 heavy (non-hydrogen) atoms. The van der Waals surface area contributed by atoms with E-state index in [0.717, 1.165) is 74.0 Å². The smallest absolute Gasteiger partial charge is 0.254 e. The third-order valence-corrected chi connectivity index (χ3v) is 6.45. The van der Waals surface area contributed by atoms with Crippen LogP contribution in [-0.4, -0.2) is 29.8 Å². The molecule has 0 atom stereocenters. The summed E-state index contributed by atoms with van der Waals surface area (Å²) in [6.45, 7) is 4.08. The zero-order valence-electron chi connectivity index (χ0n) is 18.7. The first-order chi connectivity index (χ1) is 15.1. The predicted molar refractivity (Wildman–Crippen MR) is 125 cm³/mol. The molecule has 0 saturated heterocycles. The molecule has 4 rings (SSSR count). The Kier molecular flexibility index (Phi) is 7.06. The van der Waals surface area contributed by atoms with Crippen molar-refractivity contribution in [1.82, 2.24) is 4.90 Å². The van der Waals surface area contributed by atoms with E-state index >= 15 is 0 Å². The van der Waals surface area contributed by atoms with Crippen molar-refractivity contribution in [3.05, 3.63) is 65.2 Å². The zero-order valence-corrected chi connectivity index (χ0v) is 18.7. The van der Waals surface area contributed by atoms with Crippen molar-refractivity contribution in [2.45, 2.75) is 64.8 Å². The summed E-state index contributed by atoms with van der Waals surface area (Å²) in [7, 11) is 0. The van der Waals surface area contributed by atoms with Gasteiger partial charge < -0.3 is 9.80 Å². The summed E-state index contributed by atoms with van der Waals surface area (Å²) < 4.78 is 0. The van der Waals surface area contributed by atoms with Crippen LogP contribution in [0.25, 0.3) is 0 Å². The molecule has 0 bridgehead atoms. The highest BCUT2D eigenvalue weighted by atomic mass is 16.2. The number of amides is 2. The van der Waals surface area contributed by atoms with E-state index in [1.807, 2.05) is 53.1 Å². The Balaban J connectivity index is 1.65. The van der Waals surface area contributed by atoms with E-state index in [1.165, 1.54) is 12.8 Å². The first-order valence-corrected chi connectivity index (χ1v) is 11.9. The van der Waals surface area contributed by atoms with Gasteiger partial charge >= 0.3 is 0 Å². The fraction of sp³-hybridized carbons (Fsp3) is 0.481. The molecule has 1 saturated carbocycles. The SMILES string of the molecule is Cc1cccc(C(=O)N2CCCCCCCCN(C(=O)C3CC3)c3ccccc3C2)c1. The molecule has 4 heteroatoms. The molecule has 2 amide bonds. The number of para-hydroxylation sites is 1. The maximum atomic E-state index is 13.4. The van der Waals surface area contributed by atoms with Crippen LogP contribution in [0.5, 0.6) is 0 Å². The van der Waals surface area contributed by atoms with Gasteiger partial charge in [-0.2, -0.15) is 0 Å². The Hall–Kier alpha value is -2.62. The second-order valence-corrected chi connectivity index (χ2v) is 9.11. The van der Waals surface area contributed by atoms with Crippen LogP contribution in [0, 0.1) is 12.8 Å². The van der Waals surface area contributed by atoms with Gasteiger partial charge in [-0.05, 0) is 56.4 Å². The topological polar surface area (TPSA) is 40.6 Å². The van der Waals surface area contributed by atoms with E-state index < -0.39 is 0 Å². The molecule has 1 aliphatic heterocycles. The Labute approximate surface area is 186 Å². The van der Waals surface area contributed by atoms with Gasteiger partial charge in [-0.15, -0.1) is 0 Å². The number of nitrogens with zero attached hydrogens (tertiary/aromatic N) is 2. The Morgan fingerprint density at radius 3 is 2.29 bits per heavy atom. The standard InChI is InChI=1S/C27H34N2O2/c1-21-11-10-13-23(19-21)26(30)28-17-8-4-2-3-5-9-18-29(27(31)22-15-16-22)25-14-7-6-12-24(25)20-28/h6-7,10-14,19,22H,2-5,8-9,15-18,20H2,1H3. The Bertz CT molecular complexity index is 919. The van der Waals surface area contributed by atoms with Crippen molar-refractivity contribution in [2.24, 2.45) is 5.92 Å². The molecule has 0 aromatic heterocycles. The van der Waals surface area contributed by atoms with Crippen LogP contribution in [0.4, 0.5) is 5.69 Å². The lowest BCUT2D eigenvalue weighted by Gasteiger charge is -2.28. The largest absolute Gasteiger partial charge is 0.334 e. The van der Waals surface area contributed by atoms with E-state index in [0.29, 0.717) is 6.54 Å². The van der Waals surface area contributed by atoms with Crippen LogP contribution >= 0.6 is 0 Å². The van der Waals surface area contributed by atoms with E-state index in [4.69, 9.17) is 0 Å². The first-order valence-electron chi connectivity index (χ1n) is 11.9. The monoisotopic (exact) mass is 418 g/mol. The van der Waals surface area contributed by atoms with Crippen LogP contribution in [0.15, 0.2) is 48.5 Å². The molecule has 0 unspecified atom stereocenters.